The summed E-state index contributed by atoms with van der Waals surface area (Å²) >= 11 is 0. The van der Waals surface area contributed by atoms with Crippen LogP contribution < -0.4 is 0 Å². The van der Waals surface area contributed by atoms with Crippen LogP contribution in [0.4, 0.5) is 0 Å². The minimum absolute atomic E-state index is 0.177. The van der Waals surface area contributed by atoms with E-state index in [0.29, 0.717) is 0 Å². The van der Waals surface area contributed by atoms with Crippen molar-refractivity contribution in [3.8, 4) is 0 Å². The van der Waals surface area contributed by atoms with Gasteiger partial charge in [0.15, 0.2) is 0 Å². The van der Waals surface area contributed by atoms with Crippen LogP contribution in [0.5, 0.6) is 0 Å². The molecule has 94 valence electrons. The summed E-state index contributed by atoms with van der Waals surface area (Å²) in [5.74, 6) is 2.14. The second kappa shape index (κ2) is 4.14. The highest BCUT2D eigenvalue weighted by molar-refractivity contribution is 5.18. The average molecular weight is 235 g/mol. The molecule has 1 aromatic heterocycles. The van der Waals surface area contributed by atoms with Crippen molar-refractivity contribution in [2.45, 2.75) is 45.3 Å². The Morgan fingerprint density at radius 1 is 1.35 bits per heavy atom. The van der Waals surface area contributed by atoms with Gasteiger partial charge >= 0.3 is 0 Å². The Morgan fingerprint density at radius 3 is 2.88 bits per heavy atom. The zero-order valence-electron chi connectivity index (χ0n) is 10.8. The maximum absolute atomic E-state index is 5.93. The Kier molecular flexibility index (Phi) is 2.75. The molecule has 2 aliphatic rings. The van der Waals surface area contributed by atoms with E-state index in [0.717, 1.165) is 37.8 Å². The van der Waals surface area contributed by atoms with E-state index in [1.54, 1.807) is 0 Å². The molecule has 2 saturated heterocycles. The summed E-state index contributed by atoms with van der Waals surface area (Å²) in [6.07, 6.45) is 3.65. The van der Waals surface area contributed by atoms with Crippen LogP contribution in [0.2, 0.25) is 0 Å². The summed E-state index contributed by atoms with van der Waals surface area (Å²) in [6.45, 7) is 8.23. The molecular formula is C14H21NO2. The maximum Gasteiger partial charge on any atom is 0.118 e. The van der Waals surface area contributed by atoms with Gasteiger partial charge in [-0.1, -0.05) is 0 Å². The standard InChI is InChI=1S/C14H21NO2/c1-11-8-13(17-12(11)2)9-15-6-5-14(10-15)4-3-7-16-14/h8H,3-7,9-10H2,1-2H3/t14-/m0/s1. The molecule has 0 radical (unpaired) electrons. The van der Waals surface area contributed by atoms with Gasteiger partial charge in [0.05, 0.1) is 12.1 Å². The maximum atomic E-state index is 5.93. The van der Waals surface area contributed by atoms with E-state index in [4.69, 9.17) is 9.15 Å². The normalized spacial score (nSPS) is 29.5. The Morgan fingerprint density at radius 2 is 2.24 bits per heavy atom. The molecule has 1 atom stereocenters. The Bertz CT molecular complexity index is 385. The van der Waals surface area contributed by atoms with E-state index in [1.807, 2.05) is 6.92 Å². The van der Waals surface area contributed by atoms with Gasteiger partial charge in [-0.25, -0.2) is 0 Å². The highest BCUT2D eigenvalue weighted by Gasteiger charge is 2.41. The first-order valence-corrected chi connectivity index (χ1v) is 6.59. The Labute approximate surface area is 103 Å². The number of nitrogens with zero attached hydrogens (tertiary/aromatic N) is 1. The summed E-state index contributed by atoms with van der Waals surface area (Å²) < 4.78 is 11.7. The van der Waals surface area contributed by atoms with Gasteiger partial charge in [0.2, 0.25) is 0 Å². The zero-order chi connectivity index (χ0) is 11.9. The molecular weight excluding hydrogens is 214 g/mol. The average Bonchev–Trinajstić information content (AvgIpc) is 2.96. The van der Waals surface area contributed by atoms with E-state index in [1.165, 1.54) is 24.8 Å². The zero-order valence-corrected chi connectivity index (χ0v) is 10.8. The Hall–Kier alpha value is -0.800. The molecule has 3 nitrogen and oxygen atoms in total. The van der Waals surface area contributed by atoms with Crippen LogP contribution in [0.15, 0.2) is 10.5 Å². The van der Waals surface area contributed by atoms with Crippen LogP contribution >= 0.6 is 0 Å². The van der Waals surface area contributed by atoms with Crippen molar-refractivity contribution < 1.29 is 9.15 Å². The van der Waals surface area contributed by atoms with Crippen molar-refractivity contribution >= 4 is 0 Å². The minimum Gasteiger partial charge on any atom is -0.465 e. The molecule has 1 spiro atoms. The summed E-state index contributed by atoms with van der Waals surface area (Å²) in [4.78, 5) is 2.46. The fraction of sp³-hybridized carbons (Fsp3) is 0.714. The SMILES string of the molecule is Cc1cc(CN2CC[C@@]3(CCCO3)C2)oc1C. The van der Waals surface area contributed by atoms with E-state index >= 15 is 0 Å². The van der Waals surface area contributed by atoms with E-state index in [2.05, 4.69) is 17.9 Å². The third-order valence-electron chi connectivity index (χ3n) is 4.18. The lowest BCUT2D eigenvalue weighted by molar-refractivity contribution is 0.0118. The molecule has 0 saturated carbocycles. The molecule has 0 unspecified atom stereocenters. The van der Waals surface area contributed by atoms with Gasteiger partial charge in [0.25, 0.3) is 0 Å². The summed E-state index contributed by atoms with van der Waals surface area (Å²) in [6, 6.07) is 2.16. The summed E-state index contributed by atoms with van der Waals surface area (Å²) in [7, 11) is 0. The Balaban J connectivity index is 1.63. The monoisotopic (exact) mass is 235 g/mol. The number of hydrogen-bond acceptors (Lipinski definition) is 3. The molecule has 3 heterocycles. The first-order valence-electron chi connectivity index (χ1n) is 6.59. The second-order valence-electron chi connectivity index (χ2n) is 5.55. The molecule has 0 bridgehead atoms. The molecule has 1 aromatic rings. The van der Waals surface area contributed by atoms with E-state index in [9.17, 15) is 0 Å². The largest absolute Gasteiger partial charge is 0.465 e. The smallest absolute Gasteiger partial charge is 0.118 e. The molecule has 0 N–H and O–H groups in total. The number of rotatable bonds is 2. The number of ether oxygens (including phenoxy) is 1. The van der Waals surface area contributed by atoms with Crippen molar-refractivity contribution in [3.63, 3.8) is 0 Å². The molecule has 17 heavy (non-hydrogen) atoms. The molecule has 3 heteroatoms. The number of likely N-dealkylation sites (tertiary alicyclic amines) is 1. The van der Waals surface area contributed by atoms with Crippen LogP contribution in [-0.2, 0) is 11.3 Å². The van der Waals surface area contributed by atoms with Crippen molar-refractivity contribution in [3.05, 3.63) is 23.2 Å². The molecule has 3 rings (SSSR count). The highest BCUT2D eigenvalue weighted by Crippen LogP contribution is 2.35. The van der Waals surface area contributed by atoms with Crippen molar-refractivity contribution in [2.24, 2.45) is 0 Å². The van der Waals surface area contributed by atoms with Crippen molar-refractivity contribution in [1.29, 1.82) is 0 Å². The third kappa shape index (κ3) is 2.14. The van der Waals surface area contributed by atoms with Gasteiger partial charge in [-0.3, -0.25) is 4.90 Å². The number of aryl methyl sites for hydroxylation is 2. The van der Waals surface area contributed by atoms with Gasteiger partial charge in [-0.15, -0.1) is 0 Å². The minimum atomic E-state index is 0.177. The molecule has 2 aliphatic heterocycles. The first kappa shape index (κ1) is 11.3. The molecule has 0 aromatic carbocycles. The third-order valence-corrected chi connectivity index (χ3v) is 4.18. The van der Waals surface area contributed by atoms with Crippen LogP contribution in [0, 0.1) is 13.8 Å². The van der Waals surface area contributed by atoms with Crippen LogP contribution in [0.1, 0.15) is 36.3 Å². The van der Waals surface area contributed by atoms with Gasteiger partial charge < -0.3 is 9.15 Å². The van der Waals surface area contributed by atoms with Gasteiger partial charge in [-0.2, -0.15) is 0 Å². The second-order valence-corrected chi connectivity index (χ2v) is 5.55. The van der Waals surface area contributed by atoms with Crippen LogP contribution in [0.3, 0.4) is 0 Å². The summed E-state index contributed by atoms with van der Waals surface area (Å²) in [5, 5.41) is 0. The van der Waals surface area contributed by atoms with Crippen molar-refractivity contribution in [2.75, 3.05) is 19.7 Å². The van der Waals surface area contributed by atoms with Crippen LogP contribution in [0.25, 0.3) is 0 Å². The quantitative estimate of drug-likeness (QED) is 0.788. The van der Waals surface area contributed by atoms with Crippen LogP contribution in [-0.4, -0.2) is 30.2 Å². The molecule has 2 fully saturated rings. The lowest BCUT2D eigenvalue weighted by Crippen LogP contribution is -2.32. The van der Waals surface area contributed by atoms with Gasteiger partial charge in [0.1, 0.15) is 11.5 Å². The topological polar surface area (TPSA) is 25.6 Å². The van der Waals surface area contributed by atoms with Gasteiger partial charge in [0, 0.05) is 19.7 Å². The number of furan rings is 1. The first-order chi connectivity index (χ1) is 8.17. The lowest BCUT2D eigenvalue weighted by Gasteiger charge is -2.22. The molecule has 0 amide bonds. The molecule has 0 aliphatic carbocycles. The lowest BCUT2D eigenvalue weighted by atomic mass is 10.00. The fourth-order valence-corrected chi connectivity index (χ4v) is 3.09. The fourth-order valence-electron chi connectivity index (χ4n) is 3.09. The number of hydrogen-bond donors (Lipinski definition) is 0. The van der Waals surface area contributed by atoms with E-state index < -0.39 is 0 Å². The van der Waals surface area contributed by atoms with Crippen molar-refractivity contribution in [1.82, 2.24) is 4.90 Å². The van der Waals surface area contributed by atoms with Gasteiger partial charge in [-0.05, 0) is 44.7 Å². The predicted molar refractivity (Wildman–Crippen MR) is 66.0 cm³/mol. The summed E-state index contributed by atoms with van der Waals surface area (Å²) in [5.41, 5.74) is 1.43. The van der Waals surface area contributed by atoms with E-state index in [-0.39, 0.29) is 5.60 Å². The predicted octanol–water partition coefficient (Wildman–Crippen LogP) is 2.65. The highest BCUT2D eigenvalue weighted by atomic mass is 16.5.